The number of ether oxygens (including phenoxy) is 1. The molecule has 0 aliphatic rings. The Kier molecular flexibility index (Phi) is 4.20. The Labute approximate surface area is 123 Å². The van der Waals surface area contributed by atoms with Gasteiger partial charge in [0.2, 0.25) is 0 Å². The topological polar surface area (TPSA) is 81.4 Å². The molecule has 0 bridgehead atoms. The molecule has 1 heterocycles. The average molecular weight is 341 g/mol. The van der Waals surface area contributed by atoms with Gasteiger partial charge in [0.25, 0.3) is 5.56 Å². The Morgan fingerprint density at radius 1 is 1.50 bits per heavy atom. The van der Waals surface area contributed by atoms with Crippen LogP contribution in [0.25, 0.3) is 10.8 Å². The summed E-state index contributed by atoms with van der Waals surface area (Å²) in [6.07, 6.45) is -0.354. The summed E-state index contributed by atoms with van der Waals surface area (Å²) in [6, 6.07) is 5.16. The Morgan fingerprint density at radius 2 is 2.20 bits per heavy atom. The van der Waals surface area contributed by atoms with Gasteiger partial charge in [0, 0.05) is 17.0 Å². The fourth-order valence-electron chi connectivity index (χ4n) is 1.93. The first-order valence-corrected chi connectivity index (χ1v) is 6.68. The summed E-state index contributed by atoms with van der Waals surface area (Å²) >= 11 is 3.35. The van der Waals surface area contributed by atoms with Crippen molar-refractivity contribution >= 4 is 32.7 Å². The average Bonchev–Trinajstić information content (AvgIpc) is 2.40. The van der Waals surface area contributed by atoms with Gasteiger partial charge in [0.15, 0.2) is 0 Å². The smallest absolute Gasteiger partial charge is 0.325 e. The third-order valence-corrected chi connectivity index (χ3v) is 3.47. The number of halogens is 1. The largest absolute Gasteiger partial charge is 0.480 e. The summed E-state index contributed by atoms with van der Waals surface area (Å²) in [6.45, 7) is 1.31. The molecular weight excluding hydrogens is 328 g/mol. The maximum atomic E-state index is 12.2. The van der Waals surface area contributed by atoms with E-state index in [1.165, 1.54) is 7.11 Å². The molecule has 0 saturated carbocycles. The van der Waals surface area contributed by atoms with E-state index < -0.39 is 18.1 Å². The molecule has 1 unspecified atom stereocenters. The second-order valence-electron chi connectivity index (χ2n) is 4.31. The first-order valence-electron chi connectivity index (χ1n) is 5.89. The van der Waals surface area contributed by atoms with Gasteiger partial charge in [-0.1, -0.05) is 15.9 Å². The summed E-state index contributed by atoms with van der Waals surface area (Å²) in [7, 11) is 1.53. The van der Waals surface area contributed by atoms with Crippen molar-refractivity contribution in [1.29, 1.82) is 0 Å². The molecule has 2 aromatic rings. The van der Waals surface area contributed by atoms with Gasteiger partial charge in [-0.05, 0) is 25.1 Å². The van der Waals surface area contributed by atoms with Crippen LogP contribution in [0.3, 0.4) is 0 Å². The van der Waals surface area contributed by atoms with Crippen LogP contribution < -0.4 is 5.56 Å². The zero-order valence-electron chi connectivity index (χ0n) is 11.0. The van der Waals surface area contributed by atoms with Crippen LogP contribution in [-0.2, 0) is 16.1 Å². The molecule has 0 aliphatic carbocycles. The van der Waals surface area contributed by atoms with E-state index in [1.807, 2.05) is 0 Å². The van der Waals surface area contributed by atoms with Gasteiger partial charge in [0.1, 0.15) is 6.54 Å². The highest BCUT2D eigenvalue weighted by Gasteiger charge is 2.17. The number of carbonyl (C=O) groups is 1. The van der Waals surface area contributed by atoms with Crippen molar-refractivity contribution in [2.75, 3.05) is 7.11 Å². The van der Waals surface area contributed by atoms with Crippen LogP contribution in [0.5, 0.6) is 0 Å². The van der Waals surface area contributed by atoms with E-state index in [1.54, 1.807) is 25.1 Å². The van der Waals surface area contributed by atoms with Gasteiger partial charge in [-0.2, -0.15) is 5.10 Å². The van der Waals surface area contributed by atoms with Crippen molar-refractivity contribution in [2.45, 2.75) is 19.6 Å². The van der Waals surface area contributed by atoms with Crippen LogP contribution in [0.4, 0.5) is 0 Å². The monoisotopic (exact) mass is 340 g/mol. The minimum atomic E-state index is -1.12. The Bertz CT molecular complexity index is 726. The van der Waals surface area contributed by atoms with Gasteiger partial charge in [-0.15, -0.1) is 0 Å². The summed E-state index contributed by atoms with van der Waals surface area (Å²) in [5, 5.41) is 14.1. The van der Waals surface area contributed by atoms with Crippen LogP contribution >= 0.6 is 15.9 Å². The highest BCUT2D eigenvalue weighted by molar-refractivity contribution is 9.10. The number of aromatic nitrogens is 2. The van der Waals surface area contributed by atoms with Crippen LogP contribution in [0, 0.1) is 0 Å². The number of hydrogen-bond acceptors (Lipinski definition) is 4. The van der Waals surface area contributed by atoms with E-state index in [0.717, 1.165) is 9.15 Å². The van der Waals surface area contributed by atoms with Crippen LogP contribution in [0.1, 0.15) is 18.7 Å². The summed E-state index contributed by atoms with van der Waals surface area (Å²) in [5.74, 6) is -1.12. The van der Waals surface area contributed by atoms with E-state index in [2.05, 4.69) is 21.0 Å². The lowest BCUT2D eigenvalue weighted by atomic mass is 10.1. The minimum absolute atomic E-state index is 0.354. The summed E-state index contributed by atoms with van der Waals surface area (Å²) < 4.78 is 7.00. The molecule has 1 atom stereocenters. The predicted molar refractivity (Wildman–Crippen MR) is 76.8 cm³/mol. The van der Waals surface area contributed by atoms with Gasteiger partial charge in [-0.25, -0.2) is 4.68 Å². The van der Waals surface area contributed by atoms with E-state index in [-0.39, 0.29) is 6.10 Å². The van der Waals surface area contributed by atoms with E-state index >= 15 is 0 Å². The number of carboxylic acid groups (broad SMARTS) is 1. The number of methoxy groups -OCH3 is 1. The molecular formula is C13H13BrN2O4. The van der Waals surface area contributed by atoms with Crippen molar-refractivity contribution in [2.24, 2.45) is 0 Å². The molecule has 7 heteroatoms. The standard InChI is InChI=1S/C13H13BrN2O4/c1-7(20-2)12-10-5-8(14)3-4-9(10)13(19)16(15-12)6-11(17)18/h3-5,7H,6H2,1-2H3,(H,17,18). The van der Waals surface area contributed by atoms with E-state index in [9.17, 15) is 9.59 Å². The van der Waals surface area contributed by atoms with Crippen molar-refractivity contribution in [3.8, 4) is 0 Å². The van der Waals surface area contributed by atoms with Gasteiger partial charge < -0.3 is 9.84 Å². The lowest BCUT2D eigenvalue weighted by Gasteiger charge is -2.14. The van der Waals surface area contributed by atoms with Crippen molar-refractivity contribution in [1.82, 2.24) is 9.78 Å². The third-order valence-electron chi connectivity index (χ3n) is 2.97. The van der Waals surface area contributed by atoms with Crippen LogP contribution in [-0.4, -0.2) is 28.0 Å². The van der Waals surface area contributed by atoms with Crippen molar-refractivity contribution in [3.63, 3.8) is 0 Å². The molecule has 0 radical (unpaired) electrons. The first-order chi connectivity index (χ1) is 9.43. The molecule has 20 heavy (non-hydrogen) atoms. The SMILES string of the molecule is COC(C)c1nn(CC(=O)O)c(=O)c2ccc(Br)cc12. The lowest BCUT2D eigenvalue weighted by Crippen LogP contribution is -2.28. The maximum absolute atomic E-state index is 12.2. The quantitative estimate of drug-likeness (QED) is 0.919. The molecule has 1 aromatic heterocycles. The fraction of sp³-hybridized carbons (Fsp3) is 0.308. The number of fused-ring (bicyclic) bond motifs is 1. The van der Waals surface area contributed by atoms with Crippen molar-refractivity contribution < 1.29 is 14.6 Å². The second-order valence-corrected chi connectivity index (χ2v) is 5.23. The maximum Gasteiger partial charge on any atom is 0.325 e. The second kappa shape index (κ2) is 5.72. The number of rotatable bonds is 4. The number of hydrogen-bond donors (Lipinski definition) is 1. The first kappa shape index (κ1) is 14.7. The van der Waals surface area contributed by atoms with Gasteiger partial charge in [0.05, 0.1) is 17.2 Å². The summed E-state index contributed by atoms with van der Waals surface area (Å²) in [5.41, 5.74) is 0.103. The highest BCUT2D eigenvalue weighted by Crippen LogP contribution is 2.24. The molecule has 1 N–H and O–H groups in total. The number of nitrogens with zero attached hydrogens (tertiary/aromatic N) is 2. The fourth-order valence-corrected chi connectivity index (χ4v) is 2.29. The Morgan fingerprint density at radius 3 is 2.80 bits per heavy atom. The molecule has 6 nitrogen and oxygen atoms in total. The van der Waals surface area contributed by atoms with Gasteiger partial charge >= 0.3 is 5.97 Å². The number of carboxylic acids is 1. The molecule has 2 rings (SSSR count). The number of aliphatic carboxylic acids is 1. The molecule has 0 spiro atoms. The van der Waals surface area contributed by atoms with E-state index in [4.69, 9.17) is 9.84 Å². The van der Waals surface area contributed by atoms with Gasteiger partial charge in [-0.3, -0.25) is 9.59 Å². The minimum Gasteiger partial charge on any atom is -0.480 e. The highest BCUT2D eigenvalue weighted by atomic mass is 79.9. The molecule has 1 aromatic carbocycles. The van der Waals surface area contributed by atoms with Crippen LogP contribution in [0.15, 0.2) is 27.5 Å². The van der Waals surface area contributed by atoms with E-state index in [0.29, 0.717) is 16.5 Å². The lowest BCUT2D eigenvalue weighted by molar-refractivity contribution is -0.138. The predicted octanol–water partition coefficient (Wildman–Crippen LogP) is 1.95. The zero-order chi connectivity index (χ0) is 14.9. The van der Waals surface area contributed by atoms with Crippen LogP contribution in [0.2, 0.25) is 0 Å². The number of benzene rings is 1. The molecule has 0 aliphatic heterocycles. The zero-order valence-corrected chi connectivity index (χ0v) is 12.5. The van der Waals surface area contributed by atoms with Crippen molar-refractivity contribution in [3.05, 3.63) is 38.7 Å². The molecule has 0 fully saturated rings. The summed E-state index contributed by atoms with van der Waals surface area (Å²) in [4.78, 5) is 23.0. The molecule has 0 saturated heterocycles. The normalized spacial score (nSPS) is 12.6. The Hall–Kier alpha value is -1.73. The molecule has 106 valence electrons. The third kappa shape index (κ3) is 2.73. The Balaban J connectivity index is 2.80. The molecule has 0 amide bonds.